The van der Waals surface area contributed by atoms with Crippen molar-refractivity contribution in [3.8, 4) is 11.3 Å². The fourth-order valence-electron chi connectivity index (χ4n) is 3.05. The number of aromatic nitrogens is 3. The number of aliphatic hydroxyl groups is 4. The summed E-state index contributed by atoms with van der Waals surface area (Å²) in [6.45, 7) is -0.426. The van der Waals surface area contributed by atoms with Gasteiger partial charge in [0, 0.05) is 5.56 Å². The number of benzene rings is 1. The summed E-state index contributed by atoms with van der Waals surface area (Å²) in [5.41, 5.74) is 1.19. The molecule has 1 aromatic carbocycles. The second kappa shape index (κ2) is 9.39. The molecule has 1 saturated heterocycles. The number of aliphatic hydroxyl groups excluding tert-OH is 4. The Labute approximate surface area is 166 Å². The summed E-state index contributed by atoms with van der Waals surface area (Å²) in [6, 6.07) is 9.02. The van der Waals surface area contributed by atoms with Crippen LogP contribution in [0.15, 0.2) is 30.3 Å². The zero-order valence-corrected chi connectivity index (χ0v) is 15.7. The van der Waals surface area contributed by atoms with Crippen LogP contribution in [-0.4, -0.2) is 92.4 Å². The Morgan fingerprint density at radius 1 is 1.17 bits per heavy atom. The molecule has 0 spiro atoms. The zero-order chi connectivity index (χ0) is 21.0. The van der Waals surface area contributed by atoms with E-state index in [2.05, 4.69) is 10.3 Å². The van der Waals surface area contributed by atoms with Crippen LogP contribution < -0.4 is 0 Å². The molecule has 2 heterocycles. The average molecular weight is 409 g/mol. The van der Waals surface area contributed by atoms with E-state index in [-0.39, 0.29) is 18.8 Å². The van der Waals surface area contributed by atoms with Gasteiger partial charge in [-0.05, 0) is 0 Å². The molecule has 0 bridgehead atoms. The van der Waals surface area contributed by atoms with Crippen molar-refractivity contribution in [1.29, 1.82) is 0 Å². The van der Waals surface area contributed by atoms with Crippen LogP contribution in [-0.2, 0) is 20.8 Å². The molecule has 29 heavy (non-hydrogen) atoms. The largest absolute Gasteiger partial charge is 0.464 e. The number of esters is 1. The Bertz CT molecular complexity index is 813. The first kappa shape index (κ1) is 21.3. The standard InChI is InChI=1S/C18H23N3O8/c1-27-17(26)12-13(10-5-3-2-4-6-10)21(20-19-12)7-8-28-18-16(25)15(24)14(23)11(9-22)29-18/h2-6,11,14-16,18,22-25H,7-9H2,1H3/t11-,14-,15+,16+,18+/m1/s1. The van der Waals surface area contributed by atoms with Gasteiger partial charge in [-0.15, -0.1) is 5.10 Å². The first-order valence-corrected chi connectivity index (χ1v) is 8.97. The van der Waals surface area contributed by atoms with Crippen molar-refractivity contribution >= 4 is 5.97 Å². The van der Waals surface area contributed by atoms with Crippen LogP contribution in [0.25, 0.3) is 11.3 Å². The van der Waals surface area contributed by atoms with Gasteiger partial charge in [-0.25, -0.2) is 9.48 Å². The summed E-state index contributed by atoms with van der Waals surface area (Å²) in [7, 11) is 1.25. The van der Waals surface area contributed by atoms with Gasteiger partial charge in [0.15, 0.2) is 12.0 Å². The first-order valence-electron chi connectivity index (χ1n) is 8.97. The van der Waals surface area contributed by atoms with E-state index in [0.717, 1.165) is 0 Å². The van der Waals surface area contributed by atoms with Crippen LogP contribution in [0.4, 0.5) is 0 Å². The van der Waals surface area contributed by atoms with E-state index in [1.165, 1.54) is 11.8 Å². The molecule has 2 aromatic rings. The summed E-state index contributed by atoms with van der Waals surface area (Å²) in [6.07, 6.45) is -6.80. The normalized spacial score (nSPS) is 27.0. The number of carbonyl (C=O) groups excluding carboxylic acids is 1. The van der Waals surface area contributed by atoms with Crippen LogP contribution in [0.3, 0.4) is 0 Å². The van der Waals surface area contributed by atoms with Gasteiger partial charge >= 0.3 is 5.97 Å². The highest BCUT2D eigenvalue weighted by Crippen LogP contribution is 2.24. The number of ether oxygens (including phenoxy) is 3. The van der Waals surface area contributed by atoms with Crippen LogP contribution in [0.5, 0.6) is 0 Å². The van der Waals surface area contributed by atoms with Gasteiger partial charge in [0.2, 0.25) is 0 Å². The van der Waals surface area contributed by atoms with Crippen LogP contribution in [0.2, 0.25) is 0 Å². The van der Waals surface area contributed by atoms with Crippen LogP contribution in [0, 0.1) is 0 Å². The number of rotatable bonds is 7. The molecule has 0 unspecified atom stereocenters. The van der Waals surface area contributed by atoms with Gasteiger partial charge in [-0.1, -0.05) is 35.5 Å². The lowest BCUT2D eigenvalue weighted by atomic mass is 9.99. The summed E-state index contributed by atoms with van der Waals surface area (Å²) >= 11 is 0. The Morgan fingerprint density at radius 2 is 1.90 bits per heavy atom. The van der Waals surface area contributed by atoms with Gasteiger partial charge < -0.3 is 34.6 Å². The van der Waals surface area contributed by atoms with Crippen molar-refractivity contribution in [2.45, 2.75) is 37.3 Å². The minimum absolute atomic E-state index is 0.0213. The molecule has 11 heteroatoms. The maximum absolute atomic E-state index is 12.0. The summed E-state index contributed by atoms with van der Waals surface area (Å²) in [5.74, 6) is -0.634. The second-order valence-corrected chi connectivity index (χ2v) is 6.44. The molecule has 1 aliphatic rings. The summed E-state index contributed by atoms with van der Waals surface area (Å²) < 4.78 is 17.0. The van der Waals surface area contributed by atoms with Crippen molar-refractivity contribution in [3.63, 3.8) is 0 Å². The highest BCUT2D eigenvalue weighted by molar-refractivity contribution is 5.93. The number of nitrogens with zero attached hydrogens (tertiary/aromatic N) is 3. The Kier molecular flexibility index (Phi) is 6.90. The molecule has 0 radical (unpaired) electrons. The Morgan fingerprint density at radius 3 is 2.55 bits per heavy atom. The van der Waals surface area contributed by atoms with Gasteiger partial charge in [-0.2, -0.15) is 0 Å². The third kappa shape index (κ3) is 4.45. The van der Waals surface area contributed by atoms with E-state index in [0.29, 0.717) is 11.3 Å². The Hall–Kier alpha value is -2.41. The van der Waals surface area contributed by atoms with Crippen molar-refractivity contribution < 1.29 is 39.4 Å². The van der Waals surface area contributed by atoms with Gasteiger partial charge in [0.1, 0.15) is 30.1 Å². The molecule has 1 aliphatic heterocycles. The maximum atomic E-state index is 12.0. The quantitative estimate of drug-likeness (QED) is 0.399. The number of hydrogen-bond donors (Lipinski definition) is 4. The van der Waals surface area contributed by atoms with Crippen molar-refractivity contribution in [1.82, 2.24) is 15.0 Å². The zero-order valence-electron chi connectivity index (χ0n) is 15.7. The van der Waals surface area contributed by atoms with Gasteiger partial charge in [-0.3, -0.25) is 0 Å². The van der Waals surface area contributed by atoms with Crippen LogP contribution in [0.1, 0.15) is 10.5 Å². The fourth-order valence-corrected chi connectivity index (χ4v) is 3.05. The molecule has 0 amide bonds. The summed E-state index contributed by atoms with van der Waals surface area (Å²) in [5, 5.41) is 46.7. The van der Waals surface area contributed by atoms with E-state index in [9.17, 15) is 25.2 Å². The topological polar surface area (TPSA) is 156 Å². The number of carbonyl (C=O) groups is 1. The lowest BCUT2D eigenvalue weighted by molar-refractivity contribution is -0.301. The fraction of sp³-hybridized carbons (Fsp3) is 0.500. The highest BCUT2D eigenvalue weighted by Gasteiger charge is 2.44. The second-order valence-electron chi connectivity index (χ2n) is 6.44. The van der Waals surface area contributed by atoms with Crippen molar-refractivity contribution in [2.75, 3.05) is 20.3 Å². The molecule has 11 nitrogen and oxygen atoms in total. The highest BCUT2D eigenvalue weighted by atomic mass is 16.7. The minimum atomic E-state index is -1.52. The number of hydrogen-bond acceptors (Lipinski definition) is 10. The molecule has 1 fully saturated rings. The number of methoxy groups -OCH3 is 1. The predicted molar refractivity (Wildman–Crippen MR) is 96.5 cm³/mol. The lowest BCUT2D eigenvalue weighted by Crippen LogP contribution is -2.59. The van der Waals surface area contributed by atoms with Crippen molar-refractivity contribution in [3.05, 3.63) is 36.0 Å². The maximum Gasteiger partial charge on any atom is 0.360 e. The van der Waals surface area contributed by atoms with E-state index in [1.807, 2.05) is 6.07 Å². The molecule has 1 aromatic heterocycles. The molecule has 3 rings (SSSR count). The molecule has 0 aliphatic carbocycles. The van der Waals surface area contributed by atoms with Crippen molar-refractivity contribution in [2.24, 2.45) is 0 Å². The van der Waals surface area contributed by atoms with E-state index in [4.69, 9.17) is 14.2 Å². The van der Waals surface area contributed by atoms with Gasteiger partial charge in [0.05, 0.1) is 26.9 Å². The van der Waals surface area contributed by atoms with E-state index < -0.39 is 43.3 Å². The SMILES string of the molecule is COC(=O)c1nnn(CCO[C@H]2O[C@H](CO)[C@@H](O)[C@H](O)[C@@H]2O)c1-c1ccccc1. The summed E-state index contributed by atoms with van der Waals surface area (Å²) in [4.78, 5) is 12.0. The first-order chi connectivity index (χ1) is 14.0. The lowest BCUT2D eigenvalue weighted by Gasteiger charge is -2.39. The molecule has 4 N–H and O–H groups in total. The monoisotopic (exact) mass is 409 g/mol. The molecular weight excluding hydrogens is 386 g/mol. The Balaban J connectivity index is 1.73. The molecule has 5 atom stereocenters. The molecule has 0 saturated carbocycles. The third-order valence-corrected chi connectivity index (χ3v) is 4.59. The molecular formula is C18H23N3O8. The average Bonchev–Trinajstić information content (AvgIpc) is 3.17. The van der Waals surface area contributed by atoms with Gasteiger partial charge in [0.25, 0.3) is 0 Å². The third-order valence-electron chi connectivity index (χ3n) is 4.59. The molecule has 158 valence electrons. The smallest absolute Gasteiger partial charge is 0.360 e. The van der Waals surface area contributed by atoms with Crippen LogP contribution >= 0.6 is 0 Å². The van der Waals surface area contributed by atoms with E-state index in [1.54, 1.807) is 24.3 Å². The predicted octanol–water partition coefficient (Wildman–Crippen LogP) is -1.45. The van der Waals surface area contributed by atoms with E-state index >= 15 is 0 Å². The minimum Gasteiger partial charge on any atom is -0.464 e.